The van der Waals surface area contributed by atoms with Gasteiger partial charge in [-0.05, 0) is 41.3 Å². The van der Waals surface area contributed by atoms with Crippen LogP contribution in [0.2, 0.25) is 5.02 Å². The van der Waals surface area contributed by atoms with Gasteiger partial charge in [-0.15, -0.1) is 12.4 Å². The van der Waals surface area contributed by atoms with Crippen LogP contribution in [0.3, 0.4) is 0 Å². The van der Waals surface area contributed by atoms with Gasteiger partial charge in [-0.1, -0.05) is 35.9 Å². The van der Waals surface area contributed by atoms with E-state index in [0.717, 1.165) is 24.2 Å². The highest BCUT2D eigenvalue weighted by molar-refractivity contribution is 7.89. The van der Waals surface area contributed by atoms with Gasteiger partial charge in [0.15, 0.2) is 0 Å². The van der Waals surface area contributed by atoms with Crippen LogP contribution < -0.4 is 10.0 Å². The van der Waals surface area contributed by atoms with Crippen molar-refractivity contribution in [3.63, 3.8) is 0 Å². The maximum Gasteiger partial charge on any atom is 0.242 e. The van der Waals surface area contributed by atoms with Crippen LogP contribution >= 0.6 is 24.0 Å². The van der Waals surface area contributed by atoms with E-state index in [1.54, 1.807) is 12.1 Å². The highest BCUT2D eigenvalue weighted by Crippen LogP contribution is 2.23. The third-order valence-corrected chi connectivity index (χ3v) is 5.63. The fourth-order valence-electron chi connectivity index (χ4n) is 2.54. The fourth-order valence-corrected chi connectivity index (χ4v) is 4.15. The van der Waals surface area contributed by atoms with Crippen LogP contribution in [0.15, 0.2) is 41.3 Å². The van der Waals surface area contributed by atoms with E-state index < -0.39 is 10.0 Å². The van der Waals surface area contributed by atoms with Gasteiger partial charge in [0.25, 0.3) is 0 Å². The van der Waals surface area contributed by atoms with E-state index in [1.807, 2.05) is 25.1 Å². The van der Waals surface area contributed by atoms with Crippen molar-refractivity contribution in [1.29, 1.82) is 0 Å². The normalized spacial score (nSPS) is 13.5. The summed E-state index contributed by atoms with van der Waals surface area (Å²) >= 11 is 6.05. The number of rotatable bonds is 4. The summed E-state index contributed by atoms with van der Waals surface area (Å²) in [6, 6.07) is 10.9. The van der Waals surface area contributed by atoms with E-state index >= 15 is 0 Å². The van der Waals surface area contributed by atoms with Crippen LogP contribution in [-0.2, 0) is 29.7 Å². The molecule has 0 unspecified atom stereocenters. The van der Waals surface area contributed by atoms with Crippen LogP contribution in [0.25, 0.3) is 0 Å². The summed E-state index contributed by atoms with van der Waals surface area (Å²) < 4.78 is 27.3. The third-order valence-electron chi connectivity index (χ3n) is 3.74. The molecule has 0 aromatic heterocycles. The Morgan fingerprint density at radius 1 is 1.13 bits per heavy atom. The number of aryl methyl sites for hydroxylation is 1. The largest absolute Gasteiger partial charge is 0.309 e. The molecular weight excluding hydrogens is 355 g/mol. The Bertz CT molecular complexity index is 823. The Kier molecular flexibility index (Phi) is 5.70. The molecular formula is C16H18Cl2N2O2S. The summed E-state index contributed by atoms with van der Waals surface area (Å²) in [4.78, 5) is 0.114. The second kappa shape index (κ2) is 7.20. The van der Waals surface area contributed by atoms with Gasteiger partial charge in [0.1, 0.15) is 4.90 Å². The Morgan fingerprint density at radius 2 is 1.87 bits per heavy atom. The first-order valence-corrected chi connectivity index (χ1v) is 8.89. The SMILES string of the molecule is Cc1ccc(S(=O)(=O)NCc2ccc3c(c2)CNC3)c(Cl)c1.Cl. The highest BCUT2D eigenvalue weighted by atomic mass is 35.5. The molecule has 0 fully saturated rings. The van der Waals surface area contributed by atoms with E-state index in [9.17, 15) is 8.42 Å². The molecule has 0 amide bonds. The van der Waals surface area contributed by atoms with Gasteiger partial charge >= 0.3 is 0 Å². The lowest BCUT2D eigenvalue weighted by molar-refractivity contribution is 0.581. The molecule has 0 atom stereocenters. The number of hydrogen-bond acceptors (Lipinski definition) is 3. The zero-order chi connectivity index (χ0) is 15.7. The summed E-state index contributed by atoms with van der Waals surface area (Å²) in [5.41, 5.74) is 4.36. The predicted octanol–water partition coefficient (Wildman–Crippen LogP) is 3.15. The topological polar surface area (TPSA) is 58.2 Å². The minimum atomic E-state index is -3.62. The lowest BCUT2D eigenvalue weighted by atomic mass is 10.1. The molecule has 0 aliphatic carbocycles. The Labute approximate surface area is 147 Å². The number of benzene rings is 2. The molecule has 23 heavy (non-hydrogen) atoms. The number of halogens is 2. The zero-order valence-electron chi connectivity index (χ0n) is 12.6. The van der Waals surface area contributed by atoms with Gasteiger partial charge in [0.05, 0.1) is 5.02 Å². The van der Waals surface area contributed by atoms with Crippen LogP contribution in [0, 0.1) is 6.92 Å². The van der Waals surface area contributed by atoms with Gasteiger partial charge < -0.3 is 5.32 Å². The minimum Gasteiger partial charge on any atom is -0.309 e. The maximum absolute atomic E-state index is 12.4. The smallest absolute Gasteiger partial charge is 0.242 e. The van der Waals surface area contributed by atoms with Gasteiger partial charge in [0.2, 0.25) is 10.0 Å². The van der Waals surface area contributed by atoms with Crippen molar-refractivity contribution < 1.29 is 8.42 Å². The number of nitrogens with one attached hydrogen (secondary N) is 2. The summed E-state index contributed by atoms with van der Waals surface area (Å²) in [7, 11) is -3.62. The first kappa shape index (κ1) is 18.2. The first-order valence-electron chi connectivity index (χ1n) is 7.03. The molecule has 0 radical (unpaired) electrons. The molecule has 0 bridgehead atoms. The van der Waals surface area contributed by atoms with E-state index in [0.29, 0.717) is 0 Å². The van der Waals surface area contributed by atoms with Crippen LogP contribution in [0.4, 0.5) is 0 Å². The molecule has 1 aliphatic rings. The van der Waals surface area contributed by atoms with Gasteiger partial charge in [-0.25, -0.2) is 13.1 Å². The monoisotopic (exact) mass is 372 g/mol. The van der Waals surface area contributed by atoms with Crippen molar-refractivity contribution in [2.75, 3.05) is 0 Å². The maximum atomic E-state index is 12.4. The van der Waals surface area contributed by atoms with E-state index in [1.165, 1.54) is 17.2 Å². The lowest BCUT2D eigenvalue weighted by Crippen LogP contribution is -2.23. The highest BCUT2D eigenvalue weighted by Gasteiger charge is 2.18. The summed E-state index contributed by atoms with van der Waals surface area (Å²) in [5.74, 6) is 0. The molecule has 2 N–H and O–H groups in total. The summed E-state index contributed by atoms with van der Waals surface area (Å²) in [6.07, 6.45) is 0. The van der Waals surface area contributed by atoms with E-state index in [-0.39, 0.29) is 28.9 Å². The molecule has 1 aliphatic heterocycles. The molecule has 3 rings (SSSR count). The average Bonchev–Trinajstić information content (AvgIpc) is 2.92. The molecule has 124 valence electrons. The molecule has 0 spiro atoms. The van der Waals surface area contributed by atoms with Crippen LogP contribution in [0.5, 0.6) is 0 Å². The van der Waals surface area contributed by atoms with Crippen molar-refractivity contribution in [3.8, 4) is 0 Å². The molecule has 1 heterocycles. The number of fused-ring (bicyclic) bond motifs is 1. The Balaban J connectivity index is 0.00000192. The molecule has 4 nitrogen and oxygen atoms in total. The van der Waals surface area contributed by atoms with Crippen molar-refractivity contribution in [1.82, 2.24) is 10.0 Å². The second-order valence-electron chi connectivity index (χ2n) is 5.47. The Morgan fingerprint density at radius 3 is 2.61 bits per heavy atom. The van der Waals surface area contributed by atoms with Gasteiger partial charge in [-0.2, -0.15) is 0 Å². The van der Waals surface area contributed by atoms with Crippen molar-refractivity contribution in [3.05, 3.63) is 63.7 Å². The molecule has 0 saturated carbocycles. The summed E-state index contributed by atoms with van der Waals surface area (Å²) in [5, 5.41) is 3.51. The molecule has 0 saturated heterocycles. The summed E-state index contributed by atoms with van der Waals surface area (Å²) in [6.45, 7) is 3.83. The molecule has 2 aromatic rings. The number of sulfonamides is 1. The van der Waals surface area contributed by atoms with Crippen molar-refractivity contribution >= 4 is 34.0 Å². The minimum absolute atomic E-state index is 0. The standard InChI is InChI=1S/C16H17ClN2O2S.ClH/c1-11-2-5-16(15(17)6-11)22(20,21)19-8-12-3-4-13-9-18-10-14(13)7-12;/h2-7,18-19H,8-10H2,1H3;1H. The quantitative estimate of drug-likeness (QED) is 0.866. The second-order valence-corrected chi connectivity index (χ2v) is 7.61. The van der Waals surface area contributed by atoms with Gasteiger partial charge in [-0.3, -0.25) is 0 Å². The van der Waals surface area contributed by atoms with Crippen molar-refractivity contribution in [2.45, 2.75) is 31.5 Å². The van der Waals surface area contributed by atoms with Gasteiger partial charge in [0, 0.05) is 19.6 Å². The lowest BCUT2D eigenvalue weighted by Gasteiger charge is -2.10. The van der Waals surface area contributed by atoms with Crippen molar-refractivity contribution in [2.24, 2.45) is 0 Å². The van der Waals surface area contributed by atoms with E-state index in [2.05, 4.69) is 10.0 Å². The fraction of sp³-hybridized carbons (Fsp3) is 0.250. The number of hydrogen-bond donors (Lipinski definition) is 2. The predicted molar refractivity (Wildman–Crippen MR) is 94.4 cm³/mol. The third kappa shape index (κ3) is 4.05. The van der Waals surface area contributed by atoms with Crippen LogP contribution in [0.1, 0.15) is 22.3 Å². The molecule has 7 heteroatoms. The molecule has 2 aromatic carbocycles. The van der Waals surface area contributed by atoms with Crippen LogP contribution in [-0.4, -0.2) is 8.42 Å². The average molecular weight is 373 g/mol. The first-order chi connectivity index (χ1) is 10.5. The van der Waals surface area contributed by atoms with E-state index in [4.69, 9.17) is 11.6 Å². The Hall–Kier alpha value is -1.11. The zero-order valence-corrected chi connectivity index (χ0v) is 15.0.